The van der Waals surface area contributed by atoms with Crippen LogP contribution < -0.4 is 0 Å². The quantitative estimate of drug-likeness (QED) is 0.712. The number of nitrogens with zero attached hydrogens (tertiary/aromatic N) is 1. The third-order valence-electron chi connectivity index (χ3n) is 5.28. The molecule has 1 aromatic rings. The lowest BCUT2D eigenvalue weighted by atomic mass is 9.50. The van der Waals surface area contributed by atoms with Gasteiger partial charge in [-0.05, 0) is 18.9 Å². The fourth-order valence-corrected chi connectivity index (χ4v) is 4.55. The number of carbonyl (C=O) groups excluding carboxylic acids is 2. The summed E-state index contributed by atoms with van der Waals surface area (Å²) >= 11 is 0. The minimum atomic E-state index is -0.769. The molecule has 4 bridgehead atoms. The highest BCUT2D eigenvalue weighted by molar-refractivity contribution is 6.15. The molecule has 0 aromatic heterocycles. The van der Waals surface area contributed by atoms with Crippen LogP contribution in [0.25, 0.3) is 0 Å². The normalized spacial score (nSPS) is 43.8. The molecule has 1 saturated carbocycles. The van der Waals surface area contributed by atoms with Crippen LogP contribution in [0.3, 0.4) is 0 Å². The average molecular weight is 255 g/mol. The van der Waals surface area contributed by atoms with Gasteiger partial charge in [-0.1, -0.05) is 30.3 Å². The number of hydrogen-bond acceptors (Lipinski definition) is 3. The van der Waals surface area contributed by atoms with Crippen LogP contribution in [0.1, 0.15) is 18.9 Å². The van der Waals surface area contributed by atoms with E-state index >= 15 is 0 Å². The minimum Gasteiger partial charge on any atom is -0.300 e. The SMILES string of the molecule is CC12CN3CC(CC(c4ccccc4)(C3)C1=O)C2=O. The molecule has 4 aliphatic rings. The highest BCUT2D eigenvalue weighted by atomic mass is 16.2. The van der Waals surface area contributed by atoms with Crippen LogP contribution in [0.2, 0.25) is 0 Å². The summed E-state index contributed by atoms with van der Waals surface area (Å²) < 4.78 is 0. The standard InChI is InChI=1S/C16H17NO2/c1-15-9-17-8-11(13(15)18)7-16(10-17,14(15)19)12-5-3-2-4-6-12/h2-6,11H,7-10H2,1H3. The topological polar surface area (TPSA) is 37.4 Å². The lowest BCUT2D eigenvalue weighted by molar-refractivity contribution is -0.169. The minimum absolute atomic E-state index is 0.0467. The first-order chi connectivity index (χ1) is 9.06. The Morgan fingerprint density at radius 1 is 1.16 bits per heavy atom. The van der Waals surface area contributed by atoms with E-state index < -0.39 is 10.8 Å². The molecular weight excluding hydrogens is 238 g/mol. The Morgan fingerprint density at radius 2 is 1.89 bits per heavy atom. The molecule has 0 spiro atoms. The van der Waals surface area contributed by atoms with Gasteiger partial charge >= 0.3 is 0 Å². The Kier molecular flexibility index (Phi) is 2.00. The molecule has 3 saturated heterocycles. The van der Waals surface area contributed by atoms with Gasteiger partial charge in [0.05, 0.1) is 10.8 Å². The van der Waals surface area contributed by atoms with Gasteiger partial charge in [-0.15, -0.1) is 0 Å². The van der Waals surface area contributed by atoms with Crippen molar-refractivity contribution in [3.63, 3.8) is 0 Å². The van der Waals surface area contributed by atoms with Gasteiger partial charge in [0.15, 0.2) is 11.6 Å². The maximum absolute atomic E-state index is 13.0. The van der Waals surface area contributed by atoms with Crippen molar-refractivity contribution in [1.82, 2.24) is 4.90 Å². The van der Waals surface area contributed by atoms with Gasteiger partial charge in [0.25, 0.3) is 0 Å². The summed E-state index contributed by atoms with van der Waals surface area (Å²) in [4.78, 5) is 27.7. The van der Waals surface area contributed by atoms with E-state index in [2.05, 4.69) is 4.90 Å². The van der Waals surface area contributed by atoms with Crippen LogP contribution in [0.15, 0.2) is 30.3 Å². The van der Waals surface area contributed by atoms with E-state index in [0.717, 1.165) is 18.7 Å². The Hall–Kier alpha value is -1.48. The lowest BCUT2D eigenvalue weighted by Crippen LogP contribution is -2.74. The summed E-state index contributed by atoms with van der Waals surface area (Å²) in [5, 5.41) is 0. The van der Waals surface area contributed by atoms with Gasteiger partial charge in [0, 0.05) is 25.6 Å². The van der Waals surface area contributed by atoms with Crippen molar-refractivity contribution in [3.05, 3.63) is 35.9 Å². The second-order valence-electron chi connectivity index (χ2n) is 6.54. The zero-order valence-electron chi connectivity index (χ0n) is 11.1. The molecule has 4 unspecified atom stereocenters. The van der Waals surface area contributed by atoms with Crippen molar-refractivity contribution < 1.29 is 9.59 Å². The second kappa shape index (κ2) is 3.34. The van der Waals surface area contributed by atoms with Crippen LogP contribution >= 0.6 is 0 Å². The fourth-order valence-electron chi connectivity index (χ4n) is 4.55. The van der Waals surface area contributed by atoms with Gasteiger partial charge in [-0.3, -0.25) is 14.5 Å². The van der Waals surface area contributed by atoms with Gasteiger partial charge < -0.3 is 0 Å². The summed E-state index contributed by atoms with van der Waals surface area (Å²) in [7, 11) is 0. The largest absolute Gasteiger partial charge is 0.300 e. The maximum atomic E-state index is 13.0. The molecule has 4 fully saturated rings. The van der Waals surface area contributed by atoms with Crippen LogP contribution in [-0.4, -0.2) is 36.1 Å². The van der Waals surface area contributed by atoms with E-state index in [9.17, 15) is 9.59 Å². The fraction of sp³-hybridized carbons (Fsp3) is 0.500. The molecule has 1 aliphatic carbocycles. The van der Waals surface area contributed by atoms with Crippen LogP contribution in [0, 0.1) is 11.3 Å². The Morgan fingerprint density at radius 3 is 2.63 bits per heavy atom. The maximum Gasteiger partial charge on any atom is 0.159 e. The number of ketones is 2. The number of benzene rings is 1. The molecule has 3 aliphatic heterocycles. The lowest BCUT2D eigenvalue weighted by Gasteiger charge is -2.59. The highest BCUT2D eigenvalue weighted by Gasteiger charge is 2.66. The predicted octanol–water partition coefficient (Wildman–Crippen LogP) is 1.42. The third kappa shape index (κ3) is 1.22. The summed E-state index contributed by atoms with van der Waals surface area (Å²) in [6.45, 7) is 4.11. The predicted molar refractivity (Wildman–Crippen MR) is 70.8 cm³/mol. The molecule has 1 aromatic carbocycles. The Labute approximate surface area is 112 Å². The zero-order valence-corrected chi connectivity index (χ0v) is 11.1. The van der Waals surface area contributed by atoms with E-state index in [1.54, 1.807) is 0 Å². The third-order valence-corrected chi connectivity index (χ3v) is 5.28. The molecule has 19 heavy (non-hydrogen) atoms. The van der Waals surface area contributed by atoms with Crippen molar-refractivity contribution in [3.8, 4) is 0 Å². The first kappa shape index (κ1) is 11.4. The van der Waals surface area contributed by atoms with Crippen molar-refractivity contribution >= 4 is 11.6 Å². The van der Waals surface area contributed by atoms with Gasteiger partial charge in [0.1, 0.15) is 0 Å². The molecule has 3 heteroatoms. The first-order valence-electron chi connectivity index (χ1n) is 6.93. The van der Waals surface area contributed by atoms with Crippen molar-refractivity contribution in [2.24, 2.45) is 11.3 Å². The smallest absolute Gasteiger partial charge is 0.159 e. The van der Waals surface area contributed by atoms with Crippen LogP contribution in [0.4, 0.5) is 0 Å². The molecule has 3 nitrogen and oxygen atoms in total. The monoisotopic (exact) mass is 255 g/mol. The number of piperidine rings is 3. The van der Waals surface area contributed by atoms with Crippen molar-refractivity contribution in [2.45, 2.75) is 18.8 Å². The number of hydrogen-bond donors (Lipinski definition) is 0. The van der Waals surface area contributed by atoms with Gasteiger partial charge in [0.2, 0.25) is 0 Å². The molecule has 98 valence electrons. The molecule has 0 N–H and O–H groups in total. The molecule has 5 rings (SSSR count). The first-order valence-corrected chi connectivity index (χ1v) is 6.93. The summed E-state index contributed by atoms with van der Waals surface area (Å²) in [5.74, 6) is 0.383. The van der Waals surface area contributed by atoms with Crippen LogP contribution in [-0.2, 0) is 15.0 Å². The second-order valence-corrected chi connectivity index (χ2v) is 6.54. The van der Waals surface area contributed by atoms with E-state index in [0.29, 0.717) is 13.0 Å². The average Bonchev–Trinajstić information content (AvgIpc) is 2.43. The van der Waals surface area contributed by atoms with E-state index in [-0.39, 0.29) is 17.5 Å². The van der Waals surface area contributed by atoms with E-state index in [1.165, 1.54) is 0 Å². The van der Waals surface area contributed by atoms with Gasteiger partial charge in [-0.25, -0.2) is 0 Å². The van der Waals surface area contributed by atoms with Crippen molar-refractivity contribution in [1.29, 1.82) is 0 Å². The molecule has 3 heterocycles. The Balaban J connectivity index is 1.91. The van der Waals surface area contributed by atoms with E-state index in [4.69, 9.17) is 0 Å². The molecule has 4 atom stereocenters. The van der Waals surface area contributed by atoms with Gasteiger partial charge in [-0.2, -0.15) is 0 Å². The zero-order chi connectivity index (χ0) is 13.3. The molecule has 0 amide bonds. The summed E-state index contributed by atoms with van der Waals surface area (Å²) in [6, 6.07) is 10.0. The van der Waals surface area contributed by atoms with Crippen molar-refractivity contribution in [2.75, 3.05) is 19.6 Å². The summed E-state index contributed by atoms with van der Waals surface area (Å²) in [6.07, 6.45) is 0.709. The number of Topliss-reactive ketones (excluding diaryl/α,β-unsaturated/α-hetero) is 2. The van der Waals surface area contributed by atoms with E-state index in [1.807, 2.05) is 37.3 Å². The Bertz CT molecular complexity index is 582. The highest BCUT2D eigenvalue weighted by Crippen LogP contribution is 2.53. The molecule has 0 radical (unpaired) electrons. The molecular formula is C16H17NO2. The number of rotatable bonds is 1. The van der Waals surface area contributed by atoms with Crippen LogP contribution in [0.5, 0.6) is 0 Å². The number of carbonyl (C=O) groups is 2. The summed E-state index contributed by atoms with van der Waals surface area (Å²) in [5.41, 5.74) is -0.117.